The lowest BCUT2D eigenvalue weighted by Crippen LogP contribution is -2.58. The van der Waals surface area contributed by atoms with Gasteiger partial charge in [-0.15, -0.1) is 0 Å². The highest BCUT2D eigenvalue weighted by Crippen LogP contribution is 2.28. The summed E-state index contributed by atoms with van der Waals surface area (Å²) in [6.07, 6.45) is 0. The van der Waals surface area contributed by atoms with Gasteiger partial charge in [0.25, 0.3) is 0 Å². The molecule has 1 aromatic rings. The van der Waals surface area contributed by atoms with Gasteiger partial charge in [-0.3, -0.25) is 4.90 Å². The zero-order valence-electron chi connectivity index (χ0n) is 11.4. The van der Waals surface area contributed by atoms with Crippen molar-refractivity contribution >= 4 is 27.5 Å². The highest BCUT2D eigenvalue weighted by atomic mass is 79.9. The minimum Gasteiger partial charge on any atom is -0.491 e. The normalized spacial score (nSPS) is 19.4. The van der Waals surface area contributed by atoms with Gasteiger partial charge in [-0.25, -0.2) is 0 Å². The number of piperazine rings is 1. The smallest absolute Gasteiger partial charge is 0.133 e. The minimum absolute atomic E-state index is 0.193. The maximum Gasteiger partial charge on any atom is 0.133 e. The second-order valence-corrected chi connectivity index (χ2v) is 6.69. The van der Waals surface area contributed by atoms with Crippen molar-refractivity contribution in [2.24, 2.45) is 0 Å². The molecule has 0 unspecified atom stereocenters. The van der Waals surface area contributed by atoms with E-state index in [1.807, 2.05) is 18.2 Å². The monoisotopic (exact) mass is 346 g/mol. The number of rotatable bonds is 4. The van der Waals surface area contributed by atoms with Crippen molar-refractivity contribution in [1.29, 1.82) is 0 Å². The Labute approximate surface area is 128 Å². The molecule has 0 saturated carbocycles. The second kappa shape index (κ2) is 6.44. The molecule has 0 aliphatic carbocycles. The molecule has 1 fully saturated rings. The van der Waals surface area contributed by atoms with Crippen LogP contribution in [0, 0.1) is 0 Å². The van der Waals surface area contributed by atoms with Crippen molar-refractivity contribution in [1.82, 2.24) is 10.2 Å². The molecular formula is C14H20BrClN2O. The number of nitrogens with one attached hydrogen (secondary N) is 1. The van der Waals surface area contributed by atoms with Crippen LogP contribution in [0.4, 0.5) is 0 Å². The van der Waals surface area contributed by atoms with Crippen LogP contribution in [0.2, 0.25) is 5.02 Å². The average Bonchev–Trinajstić information content (AvgIpc) is 2.33. The topological polar surface area (TPSA) is 24.5 Å². The van der Waals surface area contributed by atoms with Gasteiger partial charge in [0.15, 0.2) is 0 Å². The lowest BCUT2D eigenvalue weighted by atomic mass is 10.0. The molecule has 0 amide bonds. The van der Waals surface area contributed by atoms with Gasteiger partial charge in [0.05, 0.1) is 4.47 Å². The summed E-state index contributed by atoms with van der Waals surface area (Å²) in [5, 5.41) is 4.13. The van der Waals surface area contributed by atoms with Crippen LogP contribution >= 0.6 is 27.5 Å². The molecule has 0 spiro atoms. The van der Waals surface area contributed by atoms with E-state index in [1.165, 1.54) is 0 Å². The van der Waals surface area contributed by atoms with Crippen LogP contribution in [0.5, 0.6) is 5.75 Å². The fourth-order valence-corrected chi connectivity index (χ4v) is 3.09. The molecule has 1 saturated heterocycles. The molecule has 1 aliphatic heterocycles. The van der Waals surface area contributed by atoms with E-state index < -0.39 is 0 Å². The number of ether oxygens (including phenoxy) is 1. The van der Waals surface area contributed by atoms with Crippen molar-refractivity contribution in [3.8, 4) is 5.75 Å². The minimum atomic E-state index is 0.193. The number of halogens is 2. The molecule has 19 heavy (non-hydrogen) atoms. The predicted molar refractivity (Wildman–Crippen MR) is 83.2 cm³/mol. The van der Waals surface area contributed by atoms with Crippen LogP contribution in [-0.4, -0.2) is 43.2 Å². The Kier molecular flexibility index (Phi) is 5.12. The summed E-state index contributed by atoms with van der Waals surface area (Å²) in [6, 6.07) is 5.59. The highest BCUT2D eigenvalue weighted by Gasteiger charge is 2.28. The SMILES string of the molecule is CC1(C)CNCCN1CCOc1ccc(Cl)cc1Br. The molecule has 5 heteroatoms. The number of hydrogen-bond acceptors (Lipinski definition) is 3. The maximum absolute atomic E-state index is 5.91. The molecule has 0 atom stereocenters. The third-order valence-corrected chi connectivity index (χ3v) is 4.34. The fourth-order valence-electron chi connectivity index (χ4n) is 2.30. The molecule has 1 aromatic carbocycles. The van der Waals surface area contributed by atoms with Gasteiger partial charge in [-0.1, -0.05) is 11.6 Å². The van der Waals surface area contributed by atoms with E-state index in [-0.39, 0.29) is 5.54 Å². The fraction of sp³-hybridized carbons (Fsp3) is 0.571. The van der Waals surface area contributed by atoms with Gasteiger partial charge >= 0.3 is 0 Å². The van der Waals surface area contributed by atoms with E-state index in [9.17, 15) is 0 Å². The first-order valence-electron chi connectivity index (χ1n) is 6.53. The third kappa shape index (κ3) is 4.09. The van der Waals surface area contributed by atoms with E-state index in [4.69, 9.17) is 16.3 Å². The zero-order chi connectivity index (χ0) is 13.9. The summed E-state index contributed by atoms with van der Waals surface area (Å²) in [5.41, 5.74) is 0.193. The molecule has 0 aromatic heterocycles. The molecule has 1 heterocycles. The number of nitrogens with zero attached hydrogens (tertiary/aromatic N) is 1. The van der Waals surface area contributed by atoms with Crippen LogP contribution in [0.15, 0.2) is 22.7 Å². The second-order valence-electron chi connectivity index (χ2n) is 5.40. The van der Waals surface area contributed by atoms with Gasteiger partial charge in [0.2, 0.25) is 0 Å². The van der Waals surface area contributed by atoms with Gasteiger partial charge in [-0.2, -0.15) is 0 Å². The predicted octanol–water partition coefficient (Wildman–Crippen LogP) is 3.17. The summed E-state index contributed by atoms with van der Waals surface area (Å²) in [7, 11) is 0. The van der Waals surface area contributed by atoms with Crippen molar-refractivity contribution in [3.63, 3.8) is 0 Å². The van der Waals surface area contributed by atoms with Gasteiger partial charge < -0.3 is 10.1 Å². The Morgan fingerprint density at radius 2 is 2.26 bits per heavy atom. The molecule has 1 N–H and O–H groups in total. The van der Waals surface area contributed by atoms with E-state index in [2.05, 4.69) is 40.0 Å². The number of hydrogen-bond donors (Lipinski definition) is 1. The standard InChI is InChI=1S/C14H20BrClN2O/c1-14(2)10-17-5-6-18(14)7-8-19-13-4-3-11(16)9-12(13)15/h3-4,9,17H,5-8,10H2,1-2H3. The van der Waals surface area contributed by atoms with E-state index in [0.717, 1.165) is 36.4 Å². The molecule has 3 nitrogen and oxygen atoms in total. The highest BCUT2D eigenvalue weighted by molar-refractivity contribution is 9.10. The summed E-state index contributed by atoms with van der Waals surface area (Å²) in [5.74, 6) is 0.845. The van der Waals surface area contributed by atoms with E-state index in [1.54, 1.807) is 0 Å². The largest absolute Gasteiger partial charge is 0.491 e. The summed E-state index contributed by atoms with van der Waals surface area (Å²) < 4.78 is 6.72. The molecular weight excluding hydrogens is 328 g/mol. The molecule has 2 rings (SSSR count). The Morgan fingerprint density at radius 1 is 1.47 bits per heavy atom. The Hall–Kier alpha value is -0.290. The average molecular weight is 348 g/mol. The van der Waals surface area contributed by atoms with Crippen LogP contribution < -0.4 is 10.1 Å². The van der Waals surface area contributed by atoms with Crippen LogP contribution in [0.3, 0.4) is 0 Å². The maximum atomic E-state index is 5.91. The Morgan fingerprint density at radius 3 is 2.95 bits per heavy atom. The quantitative estimate of drug-likeness (QED) is 0.905. The van der Waals surface area contributed by atoms with Crippen molar-refractivity contribution in [3.05, 3.63) is 27.7 Å². The first-order valence-corrected chi connectivity index (χ1v) is 7.70. The summed E-state index contributed by atoms with van der Waals surface area (Å²) in [6.45, 7) is 9.28. The summed E-state index contributed by atoms with van der Waals surface area (Å²) in [4.78, 5) is 2.47. The van der Waals surface area contributed by atoms with Crippen LogP contribution in [0.25, 0.3) is 0 Å². The lowest BCUT2D eigenvalue weighted by molar-refractivity contribution is 0.0742. The molecule has 1 aliphatic rings. The Bertz CT molecular complexity index is 439. The molecule has 0 radical (unpaired) electrons. The van der Waals surface area contributed by atoms with Gasteiger partial charge in [-0.05, 0) is 48.0 Å². The number of benzene rings is 1. The first-order chi connectivity index (χ1) is 8.99. The Balaban J connectivity index is 1.86. The third-order valence-electron chi connectivity index (χ3n) is 3.48. The van der Waals surface area contributed by atoms with Crippen LogP contribution in [0.1, 0.15) is 13.8 Å². The first kappa shape index (κ1) is 15.1. The van der Waals surface area contributed by atoms with Crippen molar-refractivity contribution < 1.29 is 4.74 Å². The van der Waals surface area contributed by atoms with Crippen LogP contribution in [-0.2, 0) is 0 Å². The van der Waals surface area contributed by atoms with Crippen molar-refractivity contribution in [2.75, 3.05) is 32.8 Å². The summed E-state index contributed by atoms with van der Waals surface area (Å²) >= 11 is 9.37. The molecule has 0 bridgehead atoms. The van der Waals surface area contributed by atoms with Gasteiger partial charge in [0, 0.05) is 36.7 Å². The lowest BCUT2D eigenvalue weighted by Gasteiger charge is -2.42. The van der Waals surface area contributed by atoms with Gasteiger partial charge in [0.1, 0.15) is 12.4 Å². The van der Waals surface area contributed by atoms with E-state index in [0.29, 0.717) is 11.6 Å². The molecule has 106 valence electrons. The van der Waals surface area contributed by atoms with E-state index >= 15 is 0 Å². The van der Waals surface area contributed by atoms with Crippen molar-refractivity contribution in [2.45, 2.75) is 19.4 Å². The zero-order valence-corrected chi connectivity index (χ0v) is 13.7.